The highest BCUT2D eigenvalue weighted by molar-refractivity contribution is 7.99. The topological polar surface area (TPSA) is 52.1 Å². The van der Waals surface area contributed by atoms with Crippen molar-refractivity contribution < 1.29 is 9.53 Å². The summed E-state index contributed by atoms with van der Waals surface area (Å²) in [6.45, 7) is 0.220. The number of rotatable bonds is 6. The standard InChI is InChI=1S/C23H16Cl2N2O2S/c24-16-10-11-20-18(14-16)21(15-6-2-1-3-7-15)27-23(26-20)30-13-12-29-22(28)17-8-4-5-9-19(17)25/h1-11,14H,12-13H2. The van der Waals surface area contributed by atoms with E-state index in [0.29, 0.717) is 26.5 Å². The number of thioether (sulfide) groups is 1. The van der Waals surface area contributed by atoms with E-state index in [0.717, 1.165) is 22.2 Å². The second-order valence-corrected chi connectivity index (χ2v) is 8.25. The molecule has 0 saturated carbocycles. The van der Waals surface area contributed by atoms with E-state index in [1.54, 1.807) is 24.3 Å². The second kappa shape index (κ2) is 9.47. The fourth-order valence-electron chi connectivity index (χ4n) is 2.93. The predicted octanol–water partition coefficient (Wildman–Crippen LogP) is 6.55. The Labute approximate surface area is 188 Å². The number of carbonyl (C=O) groups excluding carboxylic acids is 1. The molecule has 0 unspecified atom stereocenters. The lowest BCUT2D eigenvalue weighted by Gasteiger charge is -2.10. The lowest BCUT2D eigenvalue weighted by Crippen LogP contribution is -2.08. The Morgan fingerprint density at radius 2 is 1.70 bits per heavy atom. The molecule has 0 N–H and O–H groups in total. The van der Waals surface area contributed by atoms with Crippen molar-refractivity contribution in [2.24, 2.45) is 0 Å². The second-order valence-electron chi connectivity index (χ2n) is 6.35. The Morgan fingerprint density at radius 3 is 2.50 bits per heavy atom. The van der Waals surface area contributed by atoms with E-state index in [4.69, 9.17) is 32.9 Å². The van der Waals surface area contributed by atoms with Crippen molar-refractivity contribution >= 4 is 51.8 Å². The molecule has 0 radical (unpaired) electrons. The van der Waals surface area contributed by atoms with Crippen LogP contribution in [0.15, 0.2) is 78.0 Å². The Kier molecular flexibility index (Phi) is 6.53. The van der Waals surface area contributed by atoms with Crippen LogP contribution in [0.1, 0.15) is 10.4 Å². The van der Waals surface area contributed by atoms with Gasteiger partial charge in [0.15, 0.2) is 5.16 Å². The summed E-state index contributed by atoms with van der Waals surface area (Å²) in [5, 5.41) is 2.51. The Balaban J connectivity index is 1.50. The first-order valence-electron chi connectivity index (χ1n) is 9.19. The zero-order chi connectivity index (χ0) is 20.9. The maximum Gasteiger partial charge on any atom is 0.339 e. The summed E-state index contributed by atoms with van der Waals surface area (Å²) in [5.74, 6) is 0.0732. The molecule has 0 spiro atoms. The predicted molar refractivity (Wildman–Crippen MR) is 122 cm³/mol. The first kappa shape index (κ1) is 20.7. The van der Waals surface area contributed by atoms with Crippen molar-refractivity contribution in [3.05, 3.63) is 88.4 Å². The molecule has 7 heteroatoms. The fraction of sp³-hybridized carbons (Fsp3) is 0.0870. The number of ether oxygens (including phenoxy) is 1. The molecule has 0 aliphatic heterocycles. The van der Waals surface area contributed by atoms with Gasteiger partial charge in [-0.15, -0.1) is 0 Å². The number of hydrogen-bond acceptors (Lipinski definition) is 5. The first-order valence-corrected chi connectivity index (χ1v) is 10.9. The molecule has 4 aromatic rings. The zero-order valence-electron chi connectivity index (χ0n) is 15.7. The molecule has 150 valence electrons. The molecule has 1 aromatic heterocycles. The third-order valence-electron chi connectivity index (χ3n) is 4.33. The van der Waals surface area contributed by atoms with Crippen molar-refractivity contribution in [3.8, 4) is 11.3 Å². The minimum atomic E-state index is -0.444. The Bertz CT molecular complexity index is 1200. The van der Waals surface area contributed by atoms with Crippen LogP contribution in [0.3, 0.4) is 0 Å². The van der Waals surface area contributed by atoms with E-state index in [9.17, 15) is 4.79 Å². The lowest BCUT2D eigenvalue weighted by molar-refractivity contribution is 0.0530. The van der Waals surface area contributed by atoms with Gasteiger partial charge in [0.1, 0.15) is 6.61 Å². The van der Waals surface area contributed by atoms with Crippen molar-refractivity contribution in [3.63, 3.8) is 0 Å². The third-order valence-corrected chi connectivity index (χ3v) is 5.70. The number of halogens is 2. The molecule has 0 saturated heterocycles. The summed E-state index contributed by atoms with van der Waals surface area (Å²) in [6.07, 6.45) is 0. The van der Waals surface area contributed by atoms with E-state index < -0.39 is 5.97 Å². The van der Waals surface area contributed by atoms with E-state index in [1.807, 2.05) is 48.5 Å². The number of carbonyl (C=O) groups is 1. The molecule has 0 atom stereocenters. The van der Waals surface area contributed by atoms with Crippen LogP contribution in [-0.4, -0.2) is 28.3 Å². The number of nitrogens with zero attached hydrogens (tertiary/aromatic N) is 2. The molecule has 3 aromatic carbocycles. The van der Waals surface area contributed by atoms with Crippen LogP contribution >= 0.6 is 35.0 Å². The number of aromatic nitrogens is 2. The highest BCUT2D eigenvalue weighted by atomic mass is 35.5. The van der Waals surface area contributed by atoms with Gasteiger partial charge in [0.05, 0.1) is 21.8 Å². The highest BCUT2D eigenvalue weighted by Crippen LogP contribution is 2.30. The quantitative estimate of drug-likeness (QED) is 0.143. The van der Waals surface area contributed by atoms with Gasteiger partial charge in [-0.2, -0.15) is 0 Å². The molecule has 4 rings (SSSR count). The molecule has 0 aliphatic rings. The molecule has 0 amide bonds. The number of esters is 1. The van der Waals surface area contributed by atoms with E-state index in [2.05, 4.69) is 4.98 Å². The summed E-state index contributed by atoms with van der Waals surface area (Å²) in [4.78, 5) is 21.5. The van der Waals surface area contributed by atoms with Crippen molar-refractivity contribution in [2.75, 3.05) is 12.4 Å². The molecule has 0 fully saturated rings. The van der Waals surface area contributed by atoms with E-state index in [1.165, 1.54) is 11.8 Å². The SMILES string of the molecule is O=C(OCCSc1nc(-c2ccccc2)c2cc(Cl)ccc2n1)c1ccccc1Cl. The van der Waals surface area contributed by atoms with E-state index in [-0.39, 0.29) is 6.61 Å². The van der Waals surface area contributed by atoms with Gasteiger partial charge in [0, 0.05) is 21.7 Å². The van der Waals surface area contributed by atoms with Crippen molar-refractivity contribution in [1.82, 2.24) is 9.97 Å². The van der Waals surface area contributed by atoms with Gasteiger partial charge in [-0.25, -0.2) is 14.8 Å². The molecule has 0 aliphatic carbocycles. The van der Waals surface area contributed by atoms with Gasteiger partial charge in [-0.05, 0) is 30.3 Å². The van der Waals surface area contributed by atoms with Gasteiger partial charge >= 0.3 is 5.97 Å². The maximum absolute atomic E-state index is 12.2. The molecule has 0 bridgehead atoms. The normalized spacial score (nSPS) is 10.9. The highest BCUT2D eigenvalue weighted by Gasteiger charge is 2.13. The maximum atomic E-state index is 12.2. The van der Waals surface area contributed by atoms with Crippen LogP contribution in [0, 0.1) is 0 Å². The number of benzene rings is 3. The average molecular weight is 455 g/mol. The van der Waals surface area contributed by atoms with Crippen LogP contribution in [0.4, 0.5) is 0 Å². The van der Waals surface area contributed by atoms with Crippen LogP contribution in [0.2, 0.25) is 10.0 Å². The Morgan fingerprint density at radius 1 is 0.933 bits per heavy atom. The van der Waals surface area contributed by atoms with Crippen LogP contribution in [0.5, 0.6) is 0 Å². The number of fused-ring (bicyclic) bond motifs is 1. The average Bonchev–Trinajstić information content (AvgIpc) is 2.77. The zero-order valence-corrected chi connectivity index (χ0v) is 18.0. The summed E-state index contributed by atoms with van der Waals surface area (Å²) in [5.41, 5.74) is 2.97. The molecule has 1 heterocycles. The van der Waals surface area contributed by atoms with Gasteiger partial charge in [-0.3, -0.25) is 0 Å². The smallest absolute Gasteiger partial charge is 0.339 e. The van der Waals surface area contributed by atoms with Crippen LogP contribution < -0.4 is 0 Å². The third kappa shape index (κ3) is 4.75. The fourth-order valence-corrected chi connectivity index (χ4v) is 3.98. The van der Waals surface area contributed by atoms with Crippen LogP contribution in [0.25, 0.3) is 22.2 Å². The minimum Gasteiger partial charge on any atom is -0.461 e. The number of hydrogen-bond donors (Lipinski definition) is 0. The van der Waals surface area contributed by atoms with Gasteiger partial charge in [0.25, 0.3) is 0 Å². The van der Waals surface area contributed by atoms with Gasteiger partial charge < -0.3 is 4.74 Å². The first-order chi connectivity index (χ1) is 14.6. The summed E-state index contributed by atoms with van der Waals surface area (Å²) in [7, 11) is 0. The molecular formula is C23H16Cl2N2O2S. The lowest BCUT2D eigenvalue weighted by atomic mass is 10.1. The van der Waals surface area contributed by atoms with Crippen molar-refractivity contribution in [1.29, 1.82) is 0 Å². The van der Waals surface area contributed by atoms with Gasteiger partial charge in [0.2, 0.25) is 0 Å². The monoisotopic (exact) mass is 454 g/mol. The van der Waals surface area contributed by atoms with Gasteiger partial charge in [-0.1, -0.05) is 77.4 Å². The molecule has 30 heavy (non-hydrogen) atoms. The molecular weight excluding hydrogens is 439 g/mol. The summed E-state index contributed by atoms with van der Waals surface area (Å²) < 4.78 is 5.33. The van der Waals surface area contributed by atoms with Crippen molar-refractivity contribution in [2.45, 2.75) is 5.16 Å². The van der Waals surface area contributed by atoms with Crippen LogP contribution in [-0.2, 0) is 4.74 Å². The minimum absolute atomic E-state index is 0.220. The summed E-state index contributed by atoms with van der Waals surface area (Å²) >= 11 is 13.7. The Hall–Kier alpha value is -2.60. The molecule has 4 nitrogen and oxygen atoms in total. The summed E-state index contributed by atoms with van der Waals surface area (Å²) in [6, 6.07) is 22.3. The van der Waals surface area contributed by atoms with E-state index >= 15 is 0 Å². The largest absolute Gasteiger partial charge is 0.461 e.